The van der Waals surface area contributed by atoms with Crippen molar-refractivity contribution in [2.45, 2.75) is 19.8 Å². The molecule has 4 nitrogen and oxygen atoms in total. The Morgan fingerprint density at radius 1 is 1.29 bits per heavy atom. The standard InChI is InChI=1S/C16H21ClN2O2/c1-3-10-18-16(21)9-12-19(13(2)20)11-8-14-4-6-15(17)7-5-14/h3-7H,1,8-12H2,2H3,(H,18,21). The number of nitrogens with one attached hydrogen (secondary N) is 1. The molecular formula is C16H21ClN2O2. The van der Waals surface area contributed by atoms with Crippen molar-refractivity contribution in [3.63, 3.8) is 0 Å². The van der Waals surface area contributed by atoms with Crippen LogP contribution in [0, 0.1) is 0 Å². The van der Waals surface area contributed by atoms with E-state index in [-0.39, 0.29) is 11.8 Å². The zero-order chi connectivity index (χ0) is 15.7. The minimum absolute atomic E-state index is 0.0273. The van der Waals surface area contributed by atoms with Crippen molar-refractivity contribution in [2.75, 3.05) is 19.6 Å². The molecule has 0 aromatic heterocycles. The smallest absolute Gasteiger partial charge is 0.222 e. The van der Waals surface area contributed by atoms with Crippen molar-refractivity contribution in [3.05, 3.63) is 47.5 Å². The summed E-state index contributed by atoms with van der Waals surface area (Å²) >= 11 is 5.84. The van der Waals surface area contributed by atoms with Crippen LogP contribution >= 0.6 is 11.6 Å². The van der Waals surface area contributed by atoms with Gasteiger partial charge in [-0.2, -0.15) is 0 Å². The van der Waals surface area contributed by atoms with Gasteiger partial charge >= 0.3 is 0 Å². The summed E-state index contributed by atoms with van der Waals surface area (Å²) in [5, 5.41) is 3.39. The van der Waals surface area contributed by atoms with Crippen LogP contribution in [0.5, 0.6) is 0 Å². The third kappa shape index (κ3) is 6.95. The first-order valence-corrected chi connectivity index (χ1v) is 7.28. The number of rotatable bonds is 8. The average molecular weight is 309 g/mol. The lowest BCUT2D eigenvalue weighted by Gasteiger charge is -2.20. The maximum atomic E-state index is 11.6. The minimum Gasteiger partial charge on any atom is -0.353 e. The number of nitrogens with zero attached hydrogens (tertiary/aromatic N) is 1. The van der Waals surface area contributed by atoms with Gasteiger partial charge in [0.25, 0.3) is 0 Å². The third-order valence-corrected chi connectivity index (χ3v) is 3.33. The predicted molar refractivity (Wildman–Crippen MR) is 85.2 cm³/mol. The van der Waals surface area contributed by atoms with Gasteiger partial charge in [-0.15, -0.1) is 6.58 Å². The number of carbonyl (C=O) groups is 2. The van der Waals surface area contributed by atoms with E-state index in [1.807, 2.05) is 24.3 Å². The molecule has 0 aliphatic carbocycles. The van der Waals surface area contributed by atoms with Crippen LogP contribution in [0.2, 0.25) is 5.02 Å². The molecule has 0 saturated carbocycles. The van der Waals surface area contributed by atoms with E-state index in [4.69, 9.17) is 11.6 Å². The van der Waals surface area contributed by atoms with Gasteiger partial charge in [-0.25, -0.2) is 0 Å². The molecular weight excluding hydrogens is 288 g/mol. The van der Waals surface area contributed by atoms with Crippen molar-refractivity contribution >= 4 is 23.4 Å². The quantitative estimate of drug-likeness (QED) is 0.750. The molecule has 1 N–H and O–H groups in total. The van der Waals surface area contributed by atoms with E-state index in [0.29, 0.717) is 31.1 Å². The van der Waals surface area contributed by atoms with E-state index in [1.54, 1.807) is 11.0 Å². The van der Waals surface area contributed by atoms with Crippen LogP contribution in [0.15, 0.2) is 36.9 Å². The largest absolute Gasteiger partial charge is 0.353 e. The molecule has 0 radical (unpaired) electrons. The molecule has 2 amide bonds. The van der Waals surface area contributed by atoms with Crippen LogP contribution in [0.4, 0.5) is 0 Å². The summed E-state index contributed by atoms with van der Waals surface area (Å²) in [5.41, 5.74) is 1.11. The molecule has 0 unspecified atom stereocenters. The van der Waals surface area contributed by atoms with Crippen molar-refractivity contribution < 1.29 is 9.59 Å². The van der Waals surface area contributed by atoms with Crippen molar-refractivity contribution in [3.8, 4) is 0 Å². The lowest BCUT2D eigenvalue weighted by atomic mass is 10.1. The van der Waals surface area contributed by atoms with Crippen LogP contribution in [-0.4, -0.2) is 36.3 Å². The average Bonchev–Trinajstić information content (AvgIpc) is 2.46. The normalized spacial score (nSPS) is 10.0. The third-order valence-electron chi connectivity index (χ3n) is 3.08. The topological polar surface area (TPSA) is 49.4 Å². The van der Waals surface area contributed by atoms with Gasteiger partial charge in [-0.3, -0.25) is 9.59 Å². The van der Waals surface area contributed by atoms with Gasteiger partial charge in [0.1, 0.15) is 0 Å². The van der Waals surface area contributed by atoms with E-state index in [0.717, 1.165) is 12.0 Å². The predicted octanol–water partition coefficient (Wildman–Crippen LogP) is 2.42. The van der Waals surface area contributed by atoms with E-state index in [2.05, 4.69) is 11.9 Å². The molecule has 0 aliphatic heterocycles. The van der Waals surface area contributed by atoms with Gasteiger partial charge in [0.05, 0.1) is 0 Å². The maximum absolute atomic E-state index is 11.6. The van der Waals surface area contributed by atoms with Gasteiger partial charge in [0.15, 0.2) is 0 Å². The highest BCUT2D eigenvalue weighted by Crippen LogP contribution is 2.10. The molecule has 114 valence electrons. The minimum atomic E-state index is -0.0763. The van der Waals surface area contributed by atoms with Crippen LogP contribution in [0.25, 0.3) is 0 Å². The molecule has 0 saturated heterocycles. The summed E-state index contributed by atoms with van der Waals surface area (Å²) in [5.74, 6) is -0.104. The Bertz CT molecular complexity index is 486. The van der Waals surface area contributed by atoms with Crippen molar-refractivity contribution in [1.82, 2.24) is 10.2 Å². The summed E-state index contributed by atoms with van der Waals surface area (Å²) in [7, 11) is 0. The zero-order valence-electron chi connectivity index (χ0n) is 12.3. The van der Waals surface area contributed by atoms with Crippen LogP contribution < -0.4 is 5.32 Å². The second-order valence-electron chi connectivity index (χ2n) is 4.73. The SMILES string of the molecule is C=CCNC(=O)CCN(CCc1ccc(Cl)cc1)C(C)=O. The number of carbonyl (C=O) groups excluding carboxylic acids is 2. The van der Waals surface area contributed by atoms with Gasteiger partial charge in [0, 0.05) is 38.0 Å². The Labute approximate surface area is 130 Å². The summed E-state index contributed by atoms with van der Waals surface area (Å²) in [4.78, 5) is 24.8. The highest BCUT2D eigenvalue weighted by atomic mass is 35.5. The molecule has 1 aromatic rings. The Morgan fingerprint density at radius 3 is 2.52 bits per heavy atom. The molecule has 0 heterocycles. The molecule has 5 heteroatoms. The lowest BCUT2D eigenvalue weighted by molar-refractivity contribution is -0.129. The van der Waals surface area contributed by atoms with Gasteiger partial charge in [-0.05, 0) is 24.1 Å². The summed E-state index contributed by atoms with van der Waals surface area (Å²) in [6, 6.07) is 7.55. The summed E-state index contributed by atoms with van der Waals surface area (Å²) < 4.78 is 0. The Morgan fingerprint density at radius 2 is 1.95 bits per heavy atom. The first-order valence-electron chi connectivity index (χ1n) is 6.90. The van der Waals surface area contributed by atoms with Crippen LogP contribution in [0.3, 0.4) is 0 Å². The van der Waals surface area contributed by atoms with Crippen molar-refractivity contribution in [2.24, 2.45) is 0 Å². The second-order valence-corrected chi connectivity index (χ2v) is 5.16. The lowest BCUT2D eigenvalue weighted by Crippen LogP contribution is -2.35. The molecule has 0 atom stereocenters. The number of amides is 2. The van der Waals surface area contributed by atoms with Crippen LogP contribution in [0.1, 0.15) is 18.9 Å². The molecule has 1 rings (SSSR count). The number of hydrogen-bond donors (Lipinski definition) is 1. The fourth-order valence-electron chi connectivity index (χ4n) is 1.85. The van der Waals surface area contributed by atoms with E-state index < -0.39 is 0 Å². The fourth-order valence-corrected chi connectivity index (χ4v) is 1.98. The van der Waals surface area contributed by atoms with Gasteiger partial charge in [0.2, 0.25) is 11.8 Å². The molecule has 1 aromatic carbocycles. The summed E-state index contributed by atoms with van der Waals surface area (Å²) in [6.07, 6.45) is 2.67. The second kappa shape index (κ2) is 9.19. The first-order chi connectivity index (χ1) is 10.0. The number of benzene rings is 1. The highest BCUT2D eigenvalue weighted by Gasteiger charge is 2.10. The molecule has 21 heavy (non-hydrogen) atoms. The number of halogens is 1. The number of hydrogen-bond acceptors (Lipinski definition) is 2. The molecule has 0 bridgehead atoms. The highest BCUT2D eigenvalue weighted by molar-refractivity contribution is 6.30. The molecule has 0 spiro atoms. The Hall–Kier alpha value is -1.81. The van der Waals surface area contributed by atoms with Gasteiger partial charge in [-0.1, -0.05) is 29.8 Å². The zero-order valence-corrected chi connectivity index (χ0v) is 13.0. The first kappa shape index (κ1) is 17.2. The van der Waals surface area contributed by atoms with E-state index in [9.17, 15) is 9.59 Å². The van der Waals surface area contributed by atoms with Crippen LogP contribution in [-0.2, 0) is 16.0 Å². The van der Waals surface area contributed by atoms with E-state index in [1.165, 1.54) is 6.92 Å². The summed E-state index contributed by atoms with van der Waals surface area (Å²) in [6.45, 7) is 6.51. The molecule has 0 aliphatic rings. The Balaban J connectivity index is 2.42. The Kier molecular flexibility index (Phi) is 7.54. The molecule has 0 fully saturated rings. The monoisotopic (exact) mass is 308 g/mol. The fraction of sp³-hybridized carbons (Fsp3) is 0.375. The van der Waals surface area contributed by atoms with Crippen molar-refractivity contribution in [1.29, 1.82) is 0 Å². The maximum Gasteiger partial charge on any atom is 0.222 e. The van der Waals surface area contributed by atoms with E-state index >= 15 is 0 Å². The van der Waals surface area contributed by atoms with Gasteiger partial charge < -0.3 is 10.2 Å².